The molecule has 1 heterocycles. The molecule has 1 aromatic heterocycles. The highest BCUT2D eigenvalue weighted by molar-refractivity contribution is 7.09. The molecule has 102 valence electrons. The van der Waals surface area contributed by atoms with E-state index in [4.69, 9.17) is 0 Å². The highest BCUT2D eigenvalue weighted by Gasteiger charge is 2.22. The van der Waals surface area contributed by atoms with Gasteiger partial charge < -0.3 is 10.4 Å². The zero-order valence-electron chi connectivity index (χ0n) is 11.8. The molecule has 2 aromatic rings. The van der Waals surface area contributed by atoms with Gasteiger partial charge in [0.15, 0.2) is 0 Å². The number of nitrogens with zero attached hydrogens (tertiary/aromatic N) is 1. The second-order valence-corrected chi connectivity index (χ2v) is 6.29. The van der Waals surface area contributed by atoms with Crippen LogP contribution in [0, 0.1) is 13.8 Å². The first-order valence-corrected chi connectivity index (χ1v) is 7.22. The van der Waals surface area contributed by atoms with Crippen molar-refractivity contribution in [3.8, 4) is 5.75 Å². The van der Waals surface area contributed by atoms with Gasteiger partial charge in [-0.25, -0.2) is 4.98 Å². The molecule has 0 radical (unpaired) electrons. The predicted octanol–water partition coefficient (Wildman–Crippen LogP) is 3.49. The van der Waals surface area contributed by atoms with Crippen LogP contribution in [0.1, 0.15) is 35.5 Å². The summed E-state index contributed by atoms with van der Waals surface area (Å²) in [6.07, 6.45) is 1.83. The average Bonchev–Trinajstić information content (AvgIpc) is 2.88. The van der Waals surface area contributed by atoms with Gasteiger partial charge in [0.25, 0.3) is 0 Å². The topological polar surface area (TPSA) is 45.2 Å². The van der Waals surface area contributed by atoms with Crippen molar-refractivity contribution < 1.29 is 5.11 Å². The molecule has 0 aliphatic rings. The fraction of sp³-hybridized carbons (Fsp3) is 0.400. The Balaban J connectivity index is 2.11. The van der Waals surface area contributed by atoms with Gasteiger partial charge in [0.1, 0.15) is 10.8 Å². The first kappa shape index (κ1) is 14.0. The van der Waals surface area contributed by atoms with Crippen LogP contribution in [0.5, 0.6) is 5.75 Å². The monoisotopic (exact) mass is 276 g/mol. The van der Waals surface area contributed by atoms with Gasteiger partial charge >= 0.3 is 0 Å². The lowest BCUT2D eigenvalue weighted by Gasteiger charge is -2.24. The van der Waals surface area contributed by atoms with E-state index < -0.39 is 0 Å². The molecule has 0 fully saturated rings. The normalized spacial score (nSPS) is 11.8. The summed E-state index contributed by atoms with van der Waals surface area (Å²) in [7, 11) is 0. The third kappa shape index (κ3) is 3.14. The smallest absolute Gasteiger partial charge is 0.121 e. The van der Waals surface area contributed by atoms with Crippen molar-refractivity contribution in [2.75, 3.05) is 0 Å². The first-order chi connectivity index (χ1) is 8.90. The van der Waals surface area contributed by atoms with Crippen LogP contribution in [0.25, 0.3) is 0 Å². The molecule has 2 N–H and O–H groups in total. The summed E-state index contributed by atoms with van der Waals surface area (Å²) in [6.45, 7) is 8.88. The second-order valence-electron chi connectivity index (χ2n) is 5.39. The Bertz CT molecular complexity index is 539. The molecular formula is C15H20N2OS. The van der Waals surface area contributed by atoms with Crippen LogP contribution in [0.15, 0.2) is 23.7 Å². The fourth-order valence-electron chi connectivity index (χ4n) is 2.08. The molecule has 0 amide bonds. The van der Waals surface area contributed by atoms with Crippen LogP contribution in [0.3, 0.4) is 0 Å². The lowest BCUT2D eigenvalue weighted by atomic mass is 10.0. The summed E-state index contributed by atoms with van der Waals surface area (Å²) in [5, 5.41) is 16.4. The van der Waals surface area contributed by atoms with Gasteiger partial charge in [0, 0.05) is 18.1 Å². The number of thiazole rings is 1. The van der Waals surface area contributed by atoms with Gasteiger partial charge in [-0.1, -0.05) is 12.1 Å². The molecule has 0 saturated carbocycles. The molecule has 4 heteroatoms. The van der Waals surface area contributed by atoms with Crippen molar-refractivity contribution in [3.63, 3.8) is 0 Å². The summed E-state index contributed by atoms with van der Waals surface area (Å²) in [5.41, 5.74) is 2.87. The van der Waals surface area contributed by atoms with Crippen molar-refractivity contribution in [2.45, 2.75) is 39.8 Å². The van der Waals surface area contributed by atoms with Crippen LogP contribution in [-0.2, 0) is 12.1 Å². The lowest BCUT2D eigenvalue weighted by molar-refractivity contribution is 0.399. The summed E-state index contributed by atoms with van der Waals surface area (Å²) >= 11 is 1.66. The van der Waals surface area contributed by atoms with E-state index in [1.54, 1.807) is 11.3 Å². The molecule has 0 bridgehead atoms. The van der Waals surface area contributed by atoms with Crippen LogP contribution in [0.4, 0.5) is 0 Å². The highest BCUT2D eigenvalue weighted by atomic mass is 32.1. The van der Waals surface area contributed by atoms with Crippen molar-refractivity contribution in [1.29, 1.82) is 0 Å². The van der Waals surface area contributed by atoms with E-state index in [0.29, 0.717) is 5.75 Å². The van der Waals surface area contributed by atoms with Crippen LogP contribution >= 0.6 is 11.3 Å². The van der Waals surface area contributed by atoms with E-state index >= 15 is 0 Å². The van der Waals surface area contributed by atoms with E-state index in [1.165, 1.54) is 5.56 Å². The molecule has 0 atom stereocenters. The number of hydrogen-bond acceptors (Lipinski definition) is 4. The maximum Gasteiger partial charge on any atom is 0.121 e. The Hall–Kier alpha value is -1.39. The van der Waals surface area contributed by atoms with Gasteiger partial charge in [-0.3, -0.25) is 0 Å². The largest absolute Gasteiger partial charge is 0.507 e. The summed E-state index contributed by atoms with van der Waals surface area (Å²) in [6, 6.07) is 4.04. The number of hydrogen-bond donors (Lipinski definition) is 2. The third-order valence-corrected chi connectivity index (χ3v) is 4.35. The first-order valence-electron chi connectivity index (χ1n) is 6.34. The number of aryl methyl sites for hydroxylation is 2. The minimum absolute atomic E-state index is 0.145. The molecule has 0 aliphatic carbocycles. The van der Waals surface area contributed by atoms with Gasteiger partial charge in [-0.2, -0.15) is 0 Å². The lowest BCUT2D eigenvalue weighted by Crippen LogP contribution is -2.35. The highest BCUT2D eigenvalue weighted by Crippen LogP contribution is 2.25. The van der Waals surface area contributed by atoms with Crippen molar-refractivity contribution in [1.82, 2.24) is 10.3 Å². The van der Waals surface area contributed by atoms with Gasteiger partial charge in [-0.05, 0) is 44.4 Å². The second kappa shape index (κ2) is 5.31. The summed E-state index contributed by atoms with van der Waals surface area (Å²) in [5.74, 6) is 0.392. The Labute approximate surface area is 118 Å². The maximum absolute atomic E-state index is 9.78. The van der Waals surface area contributed by atoms with E-state index in [1.807, 2.05) is 37.6 Å². The minimum Gasteiger partial charge on any atom is -0.507 e. The van der Waals surface area contributed by atoms with Crippen molar-refractivity contribution in [3.05, 3.63) is 45.4 Å². The van der Waals surface area contributed by atoms with Crippen molar-refractivity contribution in [2.24, 2.45) is 0 Å². The third-order valence-electron chi connectivity index (χ3n) is 3.25. The van der Waals surface area contributed by atoms with E-state index in [0.717, 1.165) is 22.7 Å². The Morgan fingerprint density at radius 1 is 1.26 bits per heavy atom. The molecule has 3 nitrogen and oxygen atoms in total. The number of phenolic OH excluding ortho intramolecular Hbond substituents is 1. The van der Waals surface area contributed by atoms with Crippen molar-refractivity contribution >= 4 is 11.3 Å². The number of phenols is 1. The summed E-state index contributed by atoms with van der Waals surface area (Å²) in [4.78, 5) is 4.37. The van der Waals surface area contributed by atoms with Crippen LogP contribution in [0.2, 0.25) is 0 Å². The van der Waals surface area contributed by atoms with Gasteiger partial charge in [-0.15, -0.1) is 11.3 Å². The predicted molar refractivity (Wildman–Crippen MR) is 79.6 cm³/mol. The molecule has 0 saturated heterocycles. The quantitative estimate of drug-likeness (QED) is 0.898. The van der Waals surface area contributed by atoms with E-state index in [9.17, 15) is 5.11 Å². The Morgan fingerprint density at radius 3 is 2.42 bits per heavy atom. The Kier molecular flexibility index (Phi) is 3.92. The molecule has 0 spiro atoms. The minimum atomic E-state index is -0.145. The number of rotatable bonds is 4. The van der Waals surface area contributed by atoms with Crippen LogP contribution < -0.4 is 5.32 Å². The van der Waals surface area contributed by atoms with Gasteiger partial charge in [0.05, 0.1) is 5.54 Å². The van der Waals surface area contributed by atoms with E-state index in [2.05, 4.69) is 24.1 Å². The Morgan fingerprint density at radius 2 is 1.89 bits per heavy atom. The maximum atomic E-state index is 9.78. The van der Waals surface area contributed by atoms with Crippen LogP contribution in [-0.4, -0.2) is 10.1 Å². The van der Waals surface area contributed by atoms with Gasteiger partial charge in [0.2, 0.25) is 0 Å². The molecule has 19 heavy (non-hydrogen) atoms. The number of benzene rings is 1. The standard InChI is InChI=1S/C15H20N2OS/c1-10-7-12(8-11(2)13(10)18)9-17-15(3,4)14-16-5-6-19-14/h5-8,17-18H,9H2,1-4H3. The SMILES string of the molecule is Cc1cc(CNC(C)(C)c2nccs2)cc(C)c1O. The molecular weight excluding hydrogens is 256 g/mol. The molecule has 1 aromatic carbocycles. The molecule has 0 unspecified atom stereocenters. The number of nitrogens with one attached hydrogen (secondary N) is 1. The average molecular weight is 276 g/mol. The number of aromatic nitrogens is 1. The zero-order chi connectivity index (χ0) is 14.0. The fourth-order valence-corrected chi connectivity index (χ4v) is 2.82. The number of aromatic hydroxyl groups is 1. The summed E-state index contributed by atoms with van der Waals surface area (Å²) < 4.78 is 0. The molecule has 2 rings (SSSR count). The zero-order valence-corrected chi connectivity index (χ0v) is 12.6. The van der Waals surface area contributed by atoms with E-state index in [-0.39, 0.29) is 5.54 Å². The molecule has 0 aliphatic heterocycles.